The van der Waals surface area contributed by atoms with Gasteiger partial charge in [0.2, 0.25) is 0 Å². The molecule has 0 spiro atoms. The number of hydrogen-bond acceptors (Lipinski definition) is 3. The third kappa shape index (κ3) is 5.87. The van der Waals surface area contributed by atoms with Crippen LogP contribution in [0.3, 0.4) is 0 Å². The number of hydrogen-bond donors (Lipinski definition) is 2. The van der Waals surface area contributed by atoms with E-state index in [1.165, 1.54) is 11.6 Å². The number of halogens is 2. The Morgan fingerprint density at radius 1 is 1.32 bits per heavy atom. The van der Waals surface area contributed by atoms with Crippen molar-refractivity contribution in [3.63, 3.8) is 0 Å². The molecule has 0 atom stereocenters. The van der Waals surface area contributed by atoms with Gasteiger partial charge in [0.1, 0.15) is 17.4 Å². The monoisotopic (exact) mass is 510 g/mol. The first-order valence-corrected chi connectivity index (χ1v) is 9.50. The van der Waals surface area contributed by atoms with Gasteiger partial charge in [0.15, 0.2) is 0 Å². The van der Waals surface area contributed by atoms with Crippen molar-refractivity contribution in [2.75, 3.05) is 6.54 Å². The maximum absolute atomic E-state index is 12.2. The van der Waals surface area contributed by atoms with Crippen LogP contribution in [-0.2, 0) is 11.2 Å². The predicted molar refractivity (Wildman–Crippen MR) is 110 cm³/mol. The summed E-state index contributed by atoms with van der Waals surface area (Å²) in [6.07, 6.45) is 3.04. The normalized spacial score (nSPS) is 11.0. The fourth-order valence-electron chi connectivity index (χ4n) is 2.23. The summed E-state index contributed by atoms with van der Waals surface area (Å²) >= 11 is 5.33. The lowest BCUT2D eigenvalue weighted by Gasteiger charge is -2.06. The Morgan fingerprint density at radius 2 is 2.04 bits per heavy atom. The van der Waals surface area contributed by atoms with Crippen molar-refractivity contribution >= 4 is 50.5 Å². The van der Waals surface area contributed by atoms with E-state index in [0.717, 1.165) is 17.3 Å². The number of carbonyl (C=O) groups is 1. The summed E-state index contributed by atoms with van der Waals surface area (Å²) in [5.41, 5.74) is 1.60. The molecule has 2 aromatic carbocycles. The van der Waals surface area contributed by atoms with Gasteiger partial charge in [-0.25, -0.2) is 0 Å². The lowest BCUT2D eigenvalue weighted by atomic mass is 10.1. The molecule has 0 fully saturated rings. The van der Waals surface area contributed by atoms with Crippen molar-refractivity contribution < 1.29 is 9.90 Å². The quantitative estimate of drug-likeness (QED) is 0.261. The minimum atomic E-state index is -0.440. The number of carbonyl (C=O) groups excluding carboxylic acids is 1. The highest BCUT2D eigenvalue weighted by Gasteiger charge is 2.12. The second-order valence-corrected chi connectivity index (χ2v) is 7.42. The summed E-state index contributed by atoms with van der Waals surface area (Å²) in [4.78, 5) is 12.2. The molecule has 0 saturated heterocycles. The van der Waals surface area contributed by atoms with Crippen molar-refractivity contribution in [1.29, 1.82) is 5.26 Å². The molecule has 2 N–H and O–H groups in total. The van der Waals surface area contributed by atoms with Crippen LogP contribution < -0.4 is 5.32 Å². The Balaban J connectivity index is 1.98. The van der Waals surface area contributed by atoms with Crippen LogP contribution in [0.1, 0.15) is 17.5 Å². The SMILES string of the molecule is N#C/C(=C\c1cc(Br)cc(I)c1O)C(=O)NCCCc1ccccc1. The molecular weight excluding hydrogens is 495 g/mol. The molecule has 25 heavy (non-hydrogen) atoms. The van der Waals surface area contributed by atoms with Gasteiger partial charge < -0.3 is 10.4 Å². The first-order chi connectivity index (χ1) is 12.0. The maximum Gasteiger partial charge on any atom is 0.261 e. The minimum Gasteiger partial charge on any atom is -0.506 e. The second-order valence-electron chi connectivity index (χ2n) is 5.34. The Kier molecular flexibility index (Phi) is 7.47. The summed E-state index contributed by atoms with van der Waals surface area (Å²) in [6.45, 7) is 0.481. The molecule has 128 valence electrons. The molecule has 0 heterocycles. The van der Waals surface area contributed by atoms with Crippen molar-refractivity contribution in [1.82, 2.24) is 5.32 Å². The van der Waals surface area contributed by atoms with Gasteiger partial charge in [0.05, 0.1) is 3.57 Å². The zero-order valence-corrected chi connectivity index (χ0v) is 17.0. The van der Waals surface area contributed by atoms with E-state index in [-0.39, 0.29) is 11.3 Å². The van der Waals surface area contributed by atoms with E-state index in [1.807, 2.05) is 59.0 Å². The highest BCUT2D eigenvalue weighted by Crippen LogP contribution is 2.30. The molecule has 0 aliphatic rings. The standard InChI is InChI=1S/C19H16BrIN2O2/c20-16-10-14(18(24)17(21)11-16)9-15(12-22)19(25)23-8-4-7-13-5-2-1-3-6-13/h1-3,5-6,9-11,24H,4,7-8H2,(H,23,25)/b15-9+. The third-order valence-electron chi connectivity index (χ3n) is 3.49. The lowest BCUT2D eigenvalue weighted by molar-refractivity contribution is -0.117. The molecule has 6 heteroatoms. The molecule has 0 aliphatic carbocycles. The van der Waals surface area contributed by atoms with E-state index in [4.69, 9.17) is 0 Å². The van der Waals surface area contributed by atoms with E-state index in [9.17, 15) is 15.2 Å². The molecule has 0 saturated carbocycles. The van der Waals surface area contributed by atoms with Crippen LogP contribution in [0, 0.1) is 14.9 Å². The number of benzene rings is 2. The Labute approximate surface area is 168 Å². The Bertz CT molecular complexity index is 829. The molecule has 4 nitrogen and oxygen atoms in total. The van der Waals surface area contributed by atoms with Crippen LogP contribution in [0.5, 0.6) is 5.75 Å². The van der Waals surface area contributed by atoms with Gasteiger partial charge in [-0.2, -0.15) is 5.26 Å². The van der Waals surface area contributed by atoms with Gasteiger partial charge in [-0.1, -0.05) is 46.3 Å². The number of phenolic OH excluding ortho intramolecular Hbond substituents is 1. The first kappa shape index (κ1) is 19.5. The number of aromatic hydroxyl groups is 1. The molecular formula is C19H16BrIN2O2. The van der Waals surface area contributed by atoms with Crippen molar-refractivity contribution in [3.05, 3.63) is 67.2 Å². The zero-order chi connectivity index (χ0) is 18.2. The summed E-state index contributed by atoms with van der Waals surface area (Å²) in [6, 6.07) is 15.3. The van der Waals surface area contributed by atoms with Crippen molar-refractivity contribution in [2.24, 2.45) is 0 Å². The van der Waals surface area contributed by atoms with Gasteiger partial charge >= 0.3 is 0 Å². The van der Waals surface area contributed by atoms with Crippen LogP contribution in [0.25, 0.3) is 6.08 Å². The zero-order valence-electron chi connectivity index (χ0n) is 13.3. The largest absolute Gasteiger partial charge is 0.506 e. The van der Waals surface area contributed by atoms with Crippen LogP contribution in [0.2, 0.25) is 0 Å². The summed E-state index contributed by atoms with van der Waals surface area (Å²) in [5.74, 6) is -0.390. The van der Waals surface area contributed by atoms with E-state index < -0.39 is 5.91 Å². The van der Waals surface area contributed by atoms with Crippen LogP contribution in [0.15, 0.2) is 52.5 Å². The van der Waals surface area contributed by atoms with Gasteiger partial charge in [0.25, 0.3) is 5.91 Å². The van der Waals surface area contributed by atoms with E-state index in [2.05, 4.69) is 21.2 Å². The number of rotatable bonds is 6. The van der Waals surface area contributed by atoms with Crippen molar-refractivity contribution in [3.8, 4) is 11.8 Å². The highest BCUT2D eigenvalue weighted by atomic mass is 127. The number of nitriles is 1. The fourth-order valence-corrected chi connectivity index (χ4v) is 3.78. The van der Waals surface area contributed by atoms with Crippen LogP contribution in [-0.4, -0.2) is 17.6 Å². The number of amides is 1. The number of nitrogens with one attached hydrogen (secondary N) is 1. The van der Waals surface area contributed by atoms with E-state index >= 15 is 0 Å². The molecule has 0 aliphatic heterocycles. The summed E-state index contributed by atoms with van der Waals surface area (Å²) in [7, 11) is 0. The first-order valence-electron chi connectivity index (χ1n) is 7.63. The van der Waals surface area contributed by atoms with E-state index in [1.54, 1.807) is 12.1 Å². The second kappa shape index (κ2) is 9.59. The van der Waals surface area contributed by atoms with Crippen LogP contribution >= 0.6 is 38.5 Å². The molecule has 0 bridgehead atoms. The van der Waals surface area contributed by atoms with E-state index in [0.29, 0.717) is 15.7 Å². The molecule has 0 aromatic heterocycles. The summed E-state index contributed by atoms with van der Waals surface area (Å²) in [5, 5.41) is 22.1. The maximum atomic E-state index is 12.2. The van der Waals surface area contributed by atoms with Crippen LogP contribution in [0.4, 0.5) is 0 Å². The number of nitrogens with zero attached hydrogens (tertiary/aromatic N) is 1. The lowest BCUT2D eigenvalue weighted by Crippen LogP contribution is -2.25. The average molecular weight is 511 g/mol. The molecule has 2 rings (SSSR count). The fraction of sp³-hybridized carbons (Fsp3) is 0.158. The minimum absolute atomic E-state index is 0.0380. The van der Waals surface area contributed by atoms with Gasteiger partial charge in [-0.15, -0.1) is 0 Å². The van der Waals surface area contributed by atoms with Gasteiger partial charge in [-0.3, -0.25) is 4.79 Å². The predicted octanol–water partition coefficient (Wildman–Crippen LogP) is 4.42. The molecule has 1 amide bonds. The van der Waals surface area contributed by atoms with Gasteiger partial charge in [-0.05, 0) is 59.2 Å². The highest BCUT2D eigenvalue weighted by molar-refractivity contribution is 14.1. The molecule has 0 unspecified atom stereocenters. The summed E-state index contributed by atoms with van der Waals surface area (Å²) < 4.78 is 1.40. The number of phenols is 1. The van der Waals surface area contributed by atoms with Gasteiger partial charge in [0, 0.05) is 16.6 Å². The topological polar surface area (TPSA) is 73.1 Å². The Morgan fingerprint density at radius 3 is 2.72 bits per heavy atom. The smallest absolute Gasteiger partial charge is 0.261 e. The third-order valence-corrected chi connectivity index (χ3v) is 4.77. The molecule has 2 aromatic rings. The number of aryl methyl sites for hydroxylation is 1. The average Bonchev–Trinajstić information content (AvgIpc) is 2.61. The molecule has 0 radical (unpaired) electrons. The Hall–Kier alpha value is -1.85. The van der Waals surface area contributed by atoms with Crippen molar-refractivity contribution in [2.45, 2.75) is 12.8 Å².